The number of nitrogens with zero attached hydrogens (tertiary/aromatic N) is 3. The predicted molar refractivity (Wildman–Crippen MR) is 137 cm³/mol. The van der Waals surface area contributed by atoms with Crippen LogP contribution in [0.3, 0.4) is 0 Å². The number of hydrogen-bond acceptors (Lipinski definition) is 5. The number of benzene rings is 3. The Kier molecular flexibility index (Phi) is 7.95. The van der Waals surface area contributed by atoms with E-state index in [1.807, 2.05) is 42.5 Å². The lowest BCUT2D eigenvalue weighted by Gasteiger charge is -2.12. The van der Waals surface area contributed by atoms with Crippen molar-refractivity contribution in [2.75, 3.05) is 11.1 Å². The van der Waals surface area contributed by atoms with Gasteiger partial charge in [-0.3, -0.25) is 4.79 Å². The molecule has 35 heavy (non-hydrogen) atoms. The Morgan fingerprint density at radius 3 is 2.26 bits per heavy atom. The van der Waals surface area contributed by atoms with Crippen LogP contribution in [0.2, 0.25) is 0 Å². The van der Waals surface area contributed by atoms with Gasteiger partial charge in [0.25, 0.3) is 5.91 Å². The summed E-state index contributed by atoms with van der Waals surface area (Å²) >= 11 is 1.69. The molecule has 3 aromatic carbocycles. The molecule has 4 rings (SSSR count). The molecular weight excluding hydrogens is 460 g/mol. The van der Waals surface area contributed by atoms with Crippen molar-refractivity contribution in [3.8, 4) is 0 Å². The number of nitrogens with one attached hydrogen (secondary N) is 1. The molecule has 0 aliphatic rings. The lowest BCUT2D eigenvalue weighted by molar-refractivity contribution is 0.0692. The maximum absolute atomic E-state index is 12.6. The highest BCUT2D eigenvalue weighted by Gasteiger charge is 2.16. The van der Waals surface area contributed by atoms with E-state index in [1.54, 1.807) is 23.9 Å². The Hall–Kier alpha value is -3.91. The lowest BCUT2D eigenvalue weighted by Crippen LogP contribution is -2.16. The number of carbonyl (C=O) groups excluding carboxylic acids is 1. The molecule has 0 unspecified atom stereocenters. The molecule has 0 atom stereocenters. The van der Waals surface area contributed by atoms with E-state index in [2.05, 4.69) is 39.1 Å². The van der Waals surface area contributed by atoms with Crippen LogP contribution in [0, 0.1) is 0 Å². The van der Waals surface area contributed by atoms with Gasteiger partial charge in [0, 0.05) is 17.9 Å². The van der Waals surface area contributed by atoms with Gasteiger partial charge in [0.1, 0.15) is 5.82 Å². The number of amides is 1. The minimum Gasteiger partial charge on any atom is -0.478 e. The van der Waals surface area contributed by atoms with Gasteiger partial charge in [-0.15, -0.1) is 10.2 Å². The summed E-state index contributed by atoms with van der Waals surface area (Å²) in [7, 11) is 0. The van der Waals surface area contributed by atoms with Gasteiger partial charge in [-0.05, 0) is 41.8 Å². The van der Waals surface area contributed by atoms with Crippen LogP contribution in [-0.2, 0) is 13.0 Å². The van der Waals surface area contributed by atoms with Crippen molar-refractivity contribution in [2.24, 2.45) is 0 Å². The van der Waals surface area contributed by atoms with E-state index < -0.39 is 11.9 Å². The van der Waals surface area contributed by atoms with Gasteiger partial charge in [-0.2, -0.15) is 0 Å². The molecule has 1 aromatic heterocycles. The quantitative estimate of drug-likeness (QED) is 0.293. The number of hydrogen-bond donors (Lipinski definition) is 2. The zero-order chi connectivity index (χ0) is 24.6. The first-order valence-corrected chi connectivity index (χ1v) is 12.3. The van der Waals surface area contributed by atoms with E-state index >= 15 is 0 Å². The van der Waals surface area contributed by atoms with Crippen LogP contribution in [0.25, 0.3) is 0 Å². The molecule has 0 saturated heterocycles. The number of rotatable bonds is 10. The summed E-state index contributed by atoms with van der Waals surface area (Å²) in [6.07, 6.45) is 1.74. The molecular formula is C27H26N4O3S. The van der Waals surface area contributed by atoms with Gasteiger partial charge in [0.05, 0.1) is 17.7 Å². The molecule has 0 aliphatic heterocycles. The second-order valence-electron chi connectivity index (χ2n) is 8.00. The molecule has 4 aromatic rings. The van der Waals surface area contributed by atoms with Crippen LogP contribution in [0.4, 0.5) is 5.69 Å². The largest absolute Gasteiger partial charge is 0.478 e. The van der Waals surface area contributed by atoms with E-state index in [-0.39, 0.29) is 11.1 Å². The van der Waals surface area contributed by atoms with Crippen LogP contribution in [0.15, 0.2) is 84.0 Å². The normalized spacial score (nSPS) is 10.8. The number of carboxylic acid groups (broad SMARTS) is 1. The maximum Gasteiger partial charge on any atom is 0.336 e. The minimum atomic E-state index is -1.14. The zero-order valence-electron chi connectivity index (χ0n) is 19.3. The molecule has 178 valence electrons. The van der Waals surface area contributed by atoms with E-state index in [9.17, 15) is 14.7 Å². The average molecular weight is 487 g/mol. The van der Waals surface area contributed by atoms with Gasteiger partial charge >= 0.3 is 5.97 Å². The molecule has 0 saturated carbocycles. The molecule has 0 radical (unpaired) electrons. The summed E-state index contributed by atoms with van der Waals surface area (Å²) in [4.78, 5) is 24.1. The maximum atomic E-state index is 12.6. The molecule has 1 amide bonds. The average Bonchev–Trinajstić information content (AvgIpc) is 3.25. The van der Waals surface area contributed by atoms with Gasteiger partial charge in [0.15, 0.2) is 5.16 Å². The number of carboxylic acids is 1. The molecule has 7 nitrogen and oxygen atoms in total. The van der Waals surface area contributed by atoms with E-state index in [0.29, 0.717) is 18.7 Å². The molecule has 1 heterocycles. The topological polar surface area (TPSA) is 97.1 Å². The Morgan fingerprint density at radius 1 is 0.886 bits per heavy atom. The van der Waals surface area contributed by atoms with Crippen molar-refractivity contribution in [3.63, 3.8) is 0 Å². The highest BCUT2D eigenvalue weighted by atomic mass is 32.2. The third-order valence-electron chi connectivity index (χ3n) is 5.39. The summed E-state index contributed by atoms with van der Waals surface area (Å²) < 4.78 is 2.14. The zero-order valence-corrected chi connectivity index (χ0v) is 20.2. The Morgan fingerprint density at radius 2 is 1.57 bits per heavy atom. The predicted octanol–water partition coefficient (Wildman–Crippen LogP) is 5.37. The summed E-state index contributed by atoms with van der Waals surface area (Å²) in [5, 5.41) is 21.9. The first-order valence-electron chi connectivity index (χ1n) is 11.4. The van der Waals surface area contributed by atoms with Gasteiger partial charge in [-0.1, -0.05) is 73.3 Å². The summed E-state index contributed by atoms with van der Waals surface area (Å²) in [5.41, 5.74) is 2.90. The van der Waals surface area contributed by atoms with E-state index in [1.165, 1.54) is 17.7 Å². The Labute approximate surface area is 208 Å². The van der Waals surface area contributed by atoms with Crippen molar-refractivity contribution < 1.29 is 14.7 Å². The molecule has 0 bridgehead atoms. The van der Waals surface area contributed by atoms with Crippen molar-refractivity contribution in [3.05, 3.63) is 107 Å². The Bertz CT molecular complexity index is 1300. The molecule has 0 spiro atoms. The minimum absolute atomic E-state index is 0.0303. The first-order chi connectivity index (χ1) is 17.0. The fourth-order valence-electron chi connectivity index (χ4n) is 3.63. The SMILES string of the molecule is CCCSc1nnc(Cc2ccccc2)n1Cc1ccc(NC(=O)c2ccccc2C(=O)O)cc1. The first kappa shape index (κ1) is 24.2. The fraction of sp³-hybridized carbons (Fsp3) is 0.185. The highest BCUT2D eigenvalue weighted by molar-refractivity contribution is 7.99. The van der Waals surface area contributed by atoms with Crippen molar-refractivity contribution in [2.45, 2.75) is 31.5 Å². The summed E-state index contributed by atoms with van der Waals surface area (Å²) in [6.45, 7) is 2.75. The van der Waals surface area contributed by atoms with Gasteiger partial charge in [-0.25, -0.2) is 4.79 Å². The van der Waals surface area contributed by atoms with E-state index in [4.69, 9.17) is 0 Å². The Balaban J connectivity index is 1.51. The highest BCUT2D eigenvalue weighted by Crippen LogP contribution is 2.22. The number of anilines is 1. The van der Waals surface area contributed by atoms with Crippen molar-refractivity contribution in [1.82, 2.24) is 14.8 Å². The van der Waals surface area contributed by atoms with E-state index in [0.717, 1.165) is 28.7 Å². The summed E-state index contributed by atoms with van der Waals surface area (Å²) in [5.74, 6) is 0.269. The molecule has 2 N–H and O–H groups in total. The molecule has 0 aliphatic carbocycles. The van der Waals surface area contributed by atoms with Crippen LogP contribution >= 0.6 is 11.8 Å². The van der Waals surface area contributed by atoms with Crippen LogP contribution < -0.4 is 5.32 Å². The number of carbonyl (C=O) groups is 2. The monoisotopic (exact) mass is 486 g/mol. The van der Waals surface area contributed by atoms with Crippen molar-refractivity contribution >= 4 is 29.3 Å². The smallest absolute Gasteiger partial charge is 0.336 e. The van der Waals surface area contributed by atoms with Crippen LogP contribution in [0.1, 0.15) is 51.0 Å². The number of thioether (sulfide) groups is 1. The van der Waals surface area contributed by atoms with Crippen LogP contribution in [0.5, 0.6) is 0 Å². The third kappa shape index (κ3) is 6.16. The molecule has 8 heteroatoms. The second kappa shape index (κ2) is 11.5. The van der Waals surface area contributed by atoms with Crippen LogP contribution in [-0.4, -0.2) is 37.5 Å². The number of aromatic carboxylic acids is 1. The van der Waals surface area contributed by atoms with Crippen molar-refractivity contribution in [1.29, 1.82) is 0 Å². The fourth-order valence-corrected chi connectivity index (χ4v) is 4.44. The van der Waals surface area contributed by atoms with Gasteiger partial charge in [0.2, 0.25) is 0 Å². The molecule has 0 fully saturated rings. The number of aromatic nitrogens is 3. The standard InChI is InChI=1S/C27H26N4O3S/c1-2-16-35-27-30-29-24(17-19-8-4-3-5-9-19)31(27)18-20-12-14-21(15-13-20)28-25(32)22-10-6-7-11-23(22)26(33)34/h3-15H,2,16-18H2,1H3,(H,28,32)(H,33,34). The van der Waals surface area contributed by atoms with Gasteiger partial charge < -0.3 is 15.0 Å². The summed E-state index contributed by atoms with van der Waals surface area (Å²) in [6, 6.07) is 23.9. The lowest BCUT2D eigenvalue weighted by atomic mass is 10.1. The second-order valence-corrected chi connectivity index (χ2v) is 9.06. The third-order valence-corrected chi connectivity index (χ3v) is 6.56.